The predicted octanol–water partition coefficient (Wildman–Crippen LogP) is 4.87. The van der Waals surface area contributed by atoms with Gasteiger partial charge >= 0.3 is 5.97 Å². The molecule has 1 aromatic heterocycles. The van der Waals surface area contributed by atoms with Crippen LogP contribution in [0.4, 0.5) is 4.39 Å². The number of rotatable bonds is 4. The van der Waals surface area contributed by atoms with Crippen molar-refractivity contribution in [2.45, 2.75) is 19.8 Å². The van der Waals surface area contributed by atoms with Crippen LogP contribution < -0.4 is 4.74 Å². The zero-order chi connectivity index (χ0) is 18.1. The monoisotopic (exact) mass is 339 g/mol. The lowest BCUT2D eigenvalue weighted by Gasteiger charge is -2.14. The summed E-state index contributed by atoms with van der Waals surface area (Å²) in [6, 6.07) is 11.1. The fourth-order valence-corrected chi connectivity index (χ4v) is 2.93. The molecule has 0 unspecified atom stereocenters. The molecule has 4 nitrogen and oxygen atoms in total. The molecule has 0 spiro atoms. The average molecular weight is 339 g/mol. The molecular weight excluding hydrogens is 321 g/mol. The molecule has 2 aromatic carbocycles. The lowest BCUT2D eigenvalue weighted by atomic mass is 9.96. The van der Waals surface area contributed by atoms with E-state index in [4.69, 9.17) is 4.74 Å². The molecule has 1 heterocycles. The summed E-state index contributed by atoms with van der Waals surface area (Å²) >= 11 is 0. The van der Waals surface area contributed by atoms with Crippen LogP contribution >= 0.6 is 0 Å². The Labute approximate surface area is 144 Å². The number of methoxy groups -OCH3 is 1. The zero-order valence-electron chi connectivity index (χ0n) is 14.2. The van der Waals surface area contributed by atoms with Gasteiger partial charge in [-0.3, -0.25) is 0 Å². The van der Waals surface area contributed by atoms with Gasteiger partial charge in [0, 0.05) is 10.9 Å². The summed E-state index contributed by atoms with van der Waals surface area (Å²) in [5, 5.41) is 10.2. The zero-order valence-corrected chi connectivity index (χ0v) is 14.2. The number of nitrogens with zero attached hydrogens (tertiary/aromatic N) is 1. The van der Waals surface area contributed by atoms with E-state index in [0.29, 0.717) is 27.9 Å². The Balaban J connectivity index is 2.39. The summed E-state index contributed by atoms with van der Waals surface area (Å²) in [4.78, 5) is 16.4. The van der Waals surface area contributed by atoms with Crippen LogP contribution in [0.5, 0.6) is 5.75 Å². The van der Waals surface area contributed by atoms with E-state index in [9.17, 15) is 14.3 Å². The van der Waals surface area contributed by atoms with E-state index >= 15 is 0 Å². The summed E-state index contributed by atoms with van der Waals surface area (Å²) < 4.78 is 19.0. The van der Waals surface area contributed by atoms with Gasteiger partial charge in [0.1, 0.15) is 11.6 Å². The molecule has 3 aromatic rings. The third-order valence-corrected chi connectivity index (χ3v) is 4.16. The molecule has 0 bridgehead atoms. The number of ether oxygens (including phenoxy) is 1. The first-order chi connectivity index (χ1) is 11.9. The second-order valence-electron chi connectivity index (χ2n) is 6.10. The van der Waals surface area contributed by atoms with Gasteiger partial charge in [-0.1, -0.05) is 32.0 Å². The molecule has 0 aliphatic heterocycles. The smallest absolute Gasteiger partial charge is 0.336 e. The van der Waals surface area contributed by atoms with Crippen molar-refractivity contribution in [3.63, 3.8) is 0 Å². The quantitative estimate of drug-likeness (QED) is 0.736. The first-order valence-electron chi connectivity index (χ1n) is 7.93. The molecule has 25 heavy (non-hydrogen) atoms. The molecule has 0 saturated heterocycles. The van der Waals surface area contributed by atoms with Gasteiger partial charge in [-0.15, -0.1) is 0 Å². The topological polar surface area (TPSA) is 59.4 Å². The van der Waals surface area contributed by atoms with Crippen LogP contribution in [-0.2, 0) is 0 Å². The molecule has 0 amide bonds. The van der Waals surface area contributed by atoms with Gasteiger partial charge in [0.25, 0.3) is 0 Å². The van der Waals surface area contributed by atoms with Crippen LogP contribution in [0.1, 0.15) is 35.7 Å². The Bertz CT molecular complexity index is 967. The Kier molecular flexibility index (Phi) is 4.40. The third kappa shape index (κ3) is 3.05. The van der Waals surface area contributed by atoms with Crippen LogP contribution in [-0.4, -0.2) is 23.2 Å². The highest BCUT2D eigenvalue weighted by Crippen LogP contribution is 2.34. The maximum atomic E-state index is 13.8. The van der Waals surface area contributed by atoms with Crippen molar-refractivity contribution in [1.29, 1.82) is 0 Å². The lowest BCUT2D eigenvalue weighted by molar-refractivity contribution is 0.0699. The fourth-order valence-electron chi connectivity index (χ4n) is 2.93. The normalized spacial score (nSPS) is 11.1. The summed E-state index contributed by atoms with van der Waals surface area (Å²) in [6.07, 6.45) is 0. The molecule has 0 radical (unpaired) electrons. The summed E-state index contributed by atoms with van der Waals surface area (Å²) in [5.74, 6) is -0.884. The minimum Gasteiger partial charge on any atom is -0.496 e. The number of pyridine rings is 1. The van der Waals surface area contributed by atoms with Crippen molar-refractivity contribution in [1.82, 2.24) is 4.98 Å². The average Bonchev–Trinajstić information content (AvgIpc) is 2.59. The van der Waals surface area contributed by atoms with E-state index in [0.717, 1.165) is 5.56 Å². The van der Waals surface area contributed by atoms with Gasteiger partial charge in [0.15, 0.2) is 0 Å². The van der Waals surface area contributed by atoms with Gasteiger partial charge in [-0.25, -0.2) is 14.2 Å². The van der Waals surface area contributed by atoms with E-state index < -0.39 is 11.8 Å². The number of fused-ring (bicyclic) bond motifs is 1. The molecule has 0 fully saturated rings. The van der Waals surface area contributed by atoms with E-state index in [1.807, 2.05) is 26.0 Å². The largest absolute Gasteiger partial charge is 0.496 e. The minimum atomic E-state index is -1.05. The van der Waals surface area contributed by atoms with Crippen LogP contribution in [0.25, 0.3) is 22.2 Å². The number of hydrogen-bond acceptors (Lipinski definition) is 3. The second-order valence-corrected chi connectivity index (χ2v) is 6.10. The van der Waals surface area contributed by atoms with Crippen molar-refractivity contribution in [3.8, 4) is 17.0 Å². The van der Waals surface area contributed by atoms with Crippen molar-refractivity contribution in [2.75, 3.05) is 7.11 Å². The Morgan fingerprint density at radius 1 is 1.20 bits per heavy atom. The molecule has 0 aliphatic carbocycles. The molecule has 128 valence electrons. The molecule has 0 atom stereocenters. The van der Waals surface area contributed by atoms with E-state index in [1.165, 1.54) is 31.4 Å². The van der Waals surface area contributed by atoms with E-state index in [2.05, 4.69) is 4.98 Å². The number of carboxylic acids is 1. The number of aromatic carboxylic acids is 1. The second kappa shape index (κ2) is 6.51. The number of carboxylic acid groups (broad SMARTS) is 1. The number of carbonyl (C=O) groups is 1. The number of benzene rings is 2. The van der Waals surface area contributed by atoms with Crippen molar-refractivity contribution in [2.24, 2.45) is 0 Å². The highest BCUT2D eigenvalue weighted by Gasteiger charge is 2.18. The molecule has 1 N–H and O–H groups in total. The van der Waals surface area contributed by atoms with Gasteiger partial charge in [0.05, 0.1) is 23.9 Å². The maximum absolute atomic E-state index is 13.8. The lowest BCUT2D eigenvalue weighted by Crippen LogP contribution is -2.03. The van der Waals surface area contributed by atoms with Gasteiger partial charge in [-0.2, -0.15) is 0 Å². The highest BCUT2D eigenvalue weighted by molar-refractivity contribution is 6.04. The molecular formula is C20H18FNO3. The number of halogens is 1. The van der Waals surface area contributed by atoms with Crippen molar-refractivity contribution < 1.29 is 19.0 Å². The minimum absolute atomic E-state index is 0.133. The summed E-state index contributed by atoms with van der Waals surface area (Å²) in [7, 11) is 1.48. The first kappa shape index (κ1) is 16.9. The van der Waals surface area contributed by atoms with E-state index in [1.54, 1.807) is 6.07 Å². The number of hydrogen-bond donors (Lipinski definition) is 1. The van der Waals surface area contributed by atoms with E-state index in [-0.39, 0.29) is 11.5 Å². The van der Waals surface area contributed by atoms with Crippen LogP contribution in [0.15, 0.2) is 42.5 Å². The van der Waals surface area contributed by atoms with Gasteiger partial charge in [-0.05, 0) is 35.7 Å². The first-order valence-corrected chi connectivity index (χ1v) is 7.93. The molecule has 0 aliphatic rings. The number of para-hydroxylation sites is 1. The molecule has 0 saturated carbocycles. The van der Waals surface area contributed by atoms with Crippen LogP contribution in [0.2, 0.25) is 0 Å². The summed E-state index contributed by atoms with van der Waals surface area (Å²) in [6.45, 7) is 4.04. The van der Waals surface area contributed by atoms with Gasteiger partial charge < -0.3 is 9.84 Å². The molecule has 3 rings (SSSR count). The van der Waals surface area contributed by atoms with Gasteiger partial charge in [0.2, 0.25) is 0 Å². The predicted molar refractivity (Wildman–Crippen MR) is 94.7 cm³/mol. The summed E-state index contributed by atoms with van der Waals surface area (Å²) in [5.41, 5.74) is 2.48. The maximum Gasteiger partial charge on any atom is 0.336 e. The Hall–Kier alpha value is -2.95. The highest BCUT2D eigenvalue weighted by atomic mass is 19.1. The van der Waals surface area contributed by atoms with Crippen LogP contribution in [0.3, 0.4) is 0 Å². The van der Waals surface area contributed by atoms with Crippen molar-refractivity contribution in [3.05, 3.63) is 59.4 Å². The molecule has 5 heteroatoms. The third-order valence-electron chi connectivity index (χ3n) is 4.16. The Morgan fingerprint density at radius 2 is 1.96 bits per heavy atom. The number of aromatic nitrogens is 1. The SMILES string of the molecule is COc1ccc(F)cc1-c1cc(C(=O)O)c2cccc(C(C)C)c2n1. The fraction of sp³-hybridized carbons (Fsp3) is 0.200. The van der Waals surface area contributed by atoms with Crippen LogP contribution in [0, 0.1) is 5.82 Å². The Morgan fingerprint density at radius 3 is 2.60 bits per heavy atom. The van der Waals surface area contributed by atoms with Crippen molar-refractivity contribution >= 4 is 16.9 Å². The standard InChI is InChI=1S/C20H18FNO3/c1-11(2)13-5-4-6-14-15(20(23)24)10-17(22-19(13)14)16-9-12(21)7-8-18(16)25-3/h4-11H,1-3H3,(H,23,24).